The van der Waals surface area contributed by atoms with E-state index in [1.54, 1.807) is 13.0 Å². The Labute approximate surface area is 144 Å². The fraction of sp³-hybridized carbons (Fsp3) is 0.316. The lowest BCUT2D eigenvalue weighted by Gasteiger charge is -2.25. The van der Waals surface area contributed by atoms with E-state index >= 15 is 0 Å². The summed E-state index contributed by atoms with van der Waals surface area (Å²) in [6.07, 6.45) is 6.86. The minimum atomic E-state index is -0.535. The molecule has 3 aromatic rings. The van der Waals surface area contributed by atoms with Crippen molar-refractivity contribution in [1.29, 1.82) is 0 Å². The highest BCUT2D eigenvalue weighted by Gasteiger charge is 2.40. The Bertz CT molecular complexity index is 899. The van der Waals surface area contributed by atoms with Crippen LogP contribution in [0.25, 0.3) is 17.0 Å². The summed E-state index contributed by atoms with van der Waals surface area (Å²) in [5.41, 5.74) is 0.268. The molecule has 1 saturated carbocycles. The van der Waals surface area contributed by atoms with Crippen molar-refractivity contribution in [2.45, 2.75) is 38.1 Å². The number of carbonyl (C=O) groups excluding carboxylic acids is 1. The molecule has 0 spiro atoms. The average Bonchev–Trinajstić information content (AvgIpc) is 3.32. The number of para-hydroxylation sites is 1. The molecule has 1 aliphatic carbocycles. The minimum absolute atomic E-state index is 0.190. The van der Waals surface area contributed by atoms with Crippen molar-refractivity contribution in [3.8, 4) is 0 Å². The number of nitrogens with one attached hydrogen (secondary N) is 1. The molecule has 2 heterocycles. The lowest BCUT2D eigenvalue weighted by atomic mass is 9.96. The van der Waals surface area contributed by atoms with Gasteiger partial charge in [0.2, 0.25) is 11.8 Å². The van der Waals surface area contributed by atoms with Crippen LogP contribution in [0.4, 0.5) is 0 Å². The highest BCUT2D eigenvalue weighted by atomic mass is 16.5. The topological polar surface area (TPSA) is 81.2 Å². The molecule has 6 heteroatoms. The Morgan fingerprint density at radius 1 is 1.28 bits per heavy atom. The summed E-state index contributed by atoms with van der Waals surface area (Å²) < 4.78 is 10.8. The number of benzene rings is 1. The molecule has 1 N–H and O–H groups in total. The number of aryl methyl sites for hydroxylation is 1. The fourth-order valence-corrected chi connectivity index (χ4v) is 3.40. The van der Waals surface area contributed by atoms with Gasteiger partial charge in [0.15, 0.2) is 5.82 Å². The summed E-state index contributed by atoms with van der Waals surface area (Å²) in [6, 6.07) is 9.66. The molecule has 1 fully saturated rings. The van der Waals surface area contributed by atoms with E-state index in [1.165, 1.54) is 6.08 Å². The number of furan rings is 1. The zero-order valence-corrected chi connectivity index (χ0v) is 14.0. The van der Waals surface area contributed by atoms with E-state index in [2.05, 4.69) is 15.5 Å². The Balaban J connectivity index is 1.52. The molecule has 0 aliphatic heterocycles. The van der Waals surface area contributed by atoms with E-state index < -0.39 is 5.54 Å². The van der Waals surface area contributed by atoms with Crippen molar-refractivity contribution in [1.82, 2.24) is 15.5 Å². The fourth-order valence-electron chi connectivity index (χ4n) is 3.40. The predicted octanol–water partition coefficient (Wildman–Crippen LogP) is 3.72. The summed E-state index contributed by atoms with van der Waals surface area (Å²) in [7, 11) is 0. The molecule has 0 bridgehead atoms. The van der Waals surface area contributed by atoms with E-state index in [0.717, 1.165) is 36.7 Å². The second-order valence-corrected chi connectivity index (χ2v) is 6.44. The molecule has 1 aromatic carbocycles. The van der Waals surface area contributed by atoms with Crippen LogP contribution in [0.15, 0.2) is 45.3 Å². The molecule has 0 atom stereocenters. The van der Waals surface area contributed by atoms with Crippen molar-refractivity contribution in [3.05, 3.63) is 53.9 Å². The molecule has 0 radical (unpaired) electrons. The third kappa shape index (κ3) is 3.07. The molecule has 128 valence electrons. The number of amides is 1. The van der Waals surface area contributed by atoms with Gasteiger partial charge in [-0.3, -0.25) is 4.79 Å². The highest BCUT2D eigenvalue weighted by molar-refractivity contribution is 5.92. The van der Waals surface area contributed by atoms with E-state index in [-0.39, 0.29) is 5.91 Å². The zero-order valence-electron chi connectivity index (χ0n) is 14.0. The van der Waals surface area contributed by atoms with Crippen LogP contribution >= 0.6 is 0 Å². The molecule has 2 aromatic heterocycles. The maximum absolute atomic E-state index is 12.4. The quantitative estimate of drug-likeness (QED) is 0.734. The zero-order chi connectivity index (χ0) is 17.3. The Morgan fingerprint density at radius 2 is 2.08 bits per heavy atom. The van der Waals surface area contributed by atoms with Gasteiger partial charge < -0.3 is 14.3 Å². The largest absolute Gasteiger partial charge is 0.457 e. The standard InChI is InChI=1S/C19H19N3O3/c1-13-20-18(22-25-13)19(10-4-5-11-19)21-17(23)9-8-15-12-14-6-2-3-7-16(14)24-15/h2-3,6-9,12H,4-5,10-11H2,1H3,(H,21,23)/b9-8+. The monoisotopic (exact) mass is 337 g/mol. The number of nitrogens with zero attached hydrogens (tertiary/aromatic N) is 2. The summed E-state index contributed by atoms with van der Waals surface area (Å²) in [4.78, 5) is 16.8. The van der Waals surface area contributed by atoms with Crippen LogP contribution < -0.4 is 5.32 Å². The molecule has 25 heavy (non-hydrogen) atoms. The van der Waals surface area contributed by atoms with Crippen LogP contribution in [-0.4, -0.2) is 16.0 Å². The van der Waals surface area contributed by atoms with Gasteiger partial charge in [-0.05, 0) is 31.1 Å². The van der Waals surface area contributed by atoms with Crippen molar-refractivity contribution in [2.24, 2.45) is 0 Å². The van der Waals surface area contributed by atoms with Gasteiger partial charge >= 0.3 is 0 Å². The van der Waals surface area contributed by atoms with Crippen molar-refractivity contribution in [2.75, 3.05) is 0 Å². The Kier molecular flexibility index (Phi) is 3.87. The van der Waals surface area contributed by atoms with E-state index in [1.807, 2.05) is 30.3 Å². The van der Waals surface area contributed by atoms with E-state index in [9.17, 15) is 4.79 Å². The lowest BCUT2D eigenvalue weighted by Crippen LogP contribution is -2.44. The maximum atomic E-state index is 12.4. The van der Waals surface area contributed by atoms with Crippen molar-refractivity contribution >= 4 is 23.0 Å². The van der Waals surface area contributed by atoms with Crippen LogP contribution in [0.1, 0.15) is 43.2 Å². The Morgan fingerprint density at radius 3 is 2.80 bits per heavy atom. The number of fused-ring (bicyclic) bond motifs is 1. The molecule has 0 saturated heterocycles. The van der Waals surface area contributed by atoms with E-state index in [4.69, 9.17) is 8.94 Å². The van der Waals surface area contributed by atoms with Gasteiger partial charge in [0.1, 0.15) is 16.9 Å². The lowest BCUT2D eigenvalue weighted by molar-refractivity contribution is -0.118. The van der Waals surface area contributed by atoms with Gasteiger partial charge in [-0.2, -0.15) is 4.98 Å². The van der Waals surface area contributed by atoms with Crippen LogP contribution in [-0.2, 0) is 10.3 Å². The Hall–Kier alpha value is -2.89. The average molecular weight is 337 g/mol. The smallest absolute Gasteiger partial charge is 0.244 e. The summed E-state index contributed by atoms with van der Waals surface area (Å²) in [5.74, 6) is 1.53. The first kappa shape index (κ1) is 15.6. The SMILES string of the molecule is Cc1nc(C2(NC(=O)/C=C/c3cc4ccccc4o3)CCCC2)no1. The maximum Gasteiger partial charge on any atom is 0.244 e. The highest BCUT2D eigenvalue weighted by Crippen LogP contribution is 2.37. The van der Waals surface area contributed by atoms with E-state index in [0.29, 0.717) is 17.5 Å². The van der Waals surface area contributed by atoms with Crippen LogP contribution in [0, 0.1) is 6.92 Å². The number of hydrogen-bond acceptors (Lipinski definition) is 5. The van der Waals surface area contributed by atoms with Gasteiger partial charge in [-0.25, -0.2) is 0 Å². The third-order valence-electron chi connectivity index (χ3n) is 4.62. The van der Waals surface area contributed by atoms with Gasteiger partial charge in [0, 0.05) is 18.4 Å². The summed E-state index contributed by atoms with van der Waals surface area (Å²) in [5, 5.41) is 8.11. The number of aromatic nitrogens is 2. The van der Waals surface area contributed by atoms with Crippen molar-refractivity contribution in [3.63, 3.8) is 0 Å². The summed E-state index contributed by atoms with van der Waals surface area (Å²) >= 11 is 0. The van der Waals surface area contributed by atoms with Crippen LogP contribution in [0.2, 0.25) is 0 Å². The first-order valence-corrected chi connectivity index (χ1v) is 8.44. The predicted molar refractivity (Wildman–Crippen MR) is 92.6 cm³/mol. The van der Waals surface area contributed by atoms with Crippen LogP contribution in [0.3, 0.4) is 0 Å². The number of hydrogen-bond donors (Lipinski definition) is 1. The normalized spacial score (nSPS) is 16.7. The number of carbonyl (C=O) groups is 1. The first-order chi connectivity index (χ1) is 12.1. The molecule has 6 nitrogen and oxygen atoms in total. The van der Waals surface area contributed by atoms with Gasteiger partial charge in [-0.15, -0.1) is 0 Å². The minimum Gasteiger partial charge on any atom is -0.457 e. The molecule has 4 rings (SSSR count). The second kappa shape index (κ2) is 6.20. The molecular weight excluding hydrogens is 318 g/mol. The van der Waals surface area contributed by atoms with Gasteiger partial charge in [0.25, 0.3) is 0 Å². The number of rotatable bonds is 4. The molecule has 0 unspecified atom stereocenters. The third-order valence-corrected chi connectivity index (χ3v) is 4.62. The molecule has 1 aliphatic rings. The first-order valence-electron chi connectivity index (χ1n) is 8.44. The summed E-state index contributed by atoms with van der Waals surface area (Å²) in [6.45, 7) is 1.75. The van der Waals surface area contributed by atoms with Gasteiger partial charge in [0.05, 0.1) is 0 Å². The molecule has 1 amide bonds. The molecular formula is C19H19N3O3. The van der Waals surface area contributed by atoms with Crippen molar-refractivity contribution < 1.29 is 13.7 Å². The second-order valence-electron chi connectivity index (χ2n) is 6.44. The van der Waals surface area contributed by atoms with Gasteiger partial charge in [-0.1, -0.05) is 36.2 Å². The van der Waals surface area contributed by atoms with Crippen LogP contribution in [0.5, 0.6) is 0 Å².